The molecule has 0 N–H and O–H groups in total. The van der Waals surface area contributed by atoms with Crippen LogP contribution in [0.1, 0.15) is 30.1 Å². The summed E-state index contributed by atoms with van der Waals surface area (Å²) in [6.07, 6.45) is 0.232. The molecule has 0 radical (unpaired) electrons. The maximum atomic E-state index is 12.4. The SMILES string of the molecule is CCOC(=O)CCC(=O)N1CCN(C(=O)c2cccc(Cl)c2)CC1. The van der Waals surface area contributed by atoms with Gasteiger partial charge in [-0.25, -0.2) is 0 Å². The number of piperazine rings is 1. The second-order valence-electron chi connectivity index (χ2n) is 5.49. The van der Waals surface area contributed by atoms with Crippen LogP contribution in [0.4, 0.5) is 0 Å². The highest BCUT2D eigenvalue weighted by Crippen LogP contribution is 2.14. The van der Waals surface area contributed by atoms with Crippen LogP contribution in [0.25, 0.3) is 0 Å². The molecule has 0 atom stereocenters. The van der Waals surface area contributed by atoms with Gasteiger partial charge in [-0.05, 0) is 25.1 Å². The Kier molecular flexibility index (Phi) is 6.61. The molecule has 1 aliphatic rings. The molecular formula is C17H21ClN2O4. The Balaban J connectivity index is 1.81. The lowest BCUT2D eigenvalue weighted by Crippen LogP contribution is -2.50. The number of hydrogen-bond donors (Lipinski definition) is 0. The second kappa shape index (κ2) is 8.68. The van der Waals surface area contributed by atoms with Crippen molar-refractivity contribution in [2.24, 2.45) is 0 Å². The first-order valence-electron chi connectivity index (χ1n) is 7.99. The lowest BCUT2D eigenvalue weighted by Gasteiger charge is -2.34. The molecule has 1 saturated heterocycles. The number of carbonyl (C=O) groups excluding carboxylic acids is 3. The molecule has 0 aliphatic carbocycles. The Morgan fingerprint density at radius 2 is 1.75 bits per heavy atom. The van der Waals surface area contributed by atoms with Gasteiger partial charge in [-0.3, -0.25) is 14.4 Å². The smallest absolute Gasteiger partial charge is 0.306 e. The maximum absolute atomic E-state index is 12.4. The first kappa shape index (κ1) is 18.3. The monoisotopic (exact) mass is 352 g/mol. The molecule has 1 aromatic carbocycles. The van der Waals surface area contributed by atoms with Crippen LogP contribution in [-0.4, -0.2) is 60.4 Å². The van der Waals surface area contributed by atoms with Gasteiger partial charge in [0.1, 0.15) is 0 Å². The zero-order valence-corrected chi connectivity index (χ0v) is 14.4. The largest absolute Gasteiger partial charge is 0.466 e. The van der Waals surface area contributed by atoms with Gasteiger partial charge in [0, 0.05) is 43.2 Å². The van der Waals surface area contributed by atoms with Crippen LogP contribution in [0.5, 0.6) is 0 Å². The van der Waals surface area contributed by atoms with Gasteiger partial charge in [0.15, 0.2) is 0 Å². The number of carbonyl (C=O) groups is 3. The predicted molar refractivity (Wildman–Crippen MR) is 89.8 cm³/mol. The number of benzene rings is 1. The van der Waals surface area contributed by atoms with Gasteiger partial charge in [-0.15, -0.1) is 0 Å². The number of amides is 2. The molecule has 7 heteroatoms. The van der Waals surface area contributed by atoms with Gasteiger partial charge < -0.3 is 14.5 Å². The minimum absolute atomic E-state index is 0.0853. The van der Waals surface area contributed by atoms with Gasteiger partial charge >= 0.3 is 5.97 Å². The molecule has 1 heterocycles. The molecule has 0 bridgehead atoms. The summed E-state index contributed by atoms with van der Waals surface area (Å²) < 4.78 is 4.81. The normalized spacial score (nSPS) is 14.4. The van der Waals surface area contributed by atoms with E-state index in [9.17, 15) is 14.4 Å². The van der Waals surface area contributed by atoms with E-state index in [-0.39, 0.29) is 30.6 Å². The summed E-state index contributed by atoms with van der Waals surface area (Å²) in [5.41, 5.74) is 0.546. The first-order chi connectivity index (χ1) is 11.5. The molecule has 0 saturated carbocycles. The molecular weight excluding hydrogens is 332 g/mol. The zero-order chi connectivity index (χ0) is 17.5. The van der Waals surface area contributed by atoms with Crippen LogP contribution in [-0.2, 0) is 14.3 Å². The van der Waals surface area contributed by atoms with Crippen LogP contribution >= 0.6 is 11.6 Å². The van der Waals surface area contributed by atoms with Gasteiger partial charge in [-0.1, -0.05) is 17.7 Å². The lowest BCUT2D eigenvalue weighted by atomic mass is 10.1. The minimum Gasteiger partial charge on any atom is -0.466 e. The Morgan fingerprint density at radius 1 is 1.08 bits per heavy atom. The van der Waals surface area contributed by atoms with Gasteiger partial charge in [0.05, 0.1) is 13.0 Å². The van der Waals surface area contributed by atoms with Crippen LogP contribution < -0.4 is 0 Å². The number of esters is 1. The minimum atomic E-state index is -0.361. The number of halogens is 1. The van der Waals surface area contributed by atoms with Crippen molar-refractivity contribution >= 4 is 29.4 Å². The van der Waals surface area contributed by atoms with Crippen molar-refractivity contribution in [2.75, 3.05) is 32.8 Å². The Bertz CT molecular complexity index is 612. The van der Waals surface area contributed by atoms with E-state index in [0.717, 1.165) is 0 Å². The fourth-order valence-electron chi connectivity index (χ4n) is 2.56. The van der Waals surface area contributed by atoms with E-state index in [4.69, 9.17) is 16.3 Å². The third-order valence-corrected chi connectivity index (χ3v) is 4.07. The highest BCUT2D eigenvalue weighted by molar-refractivity contribution is 6.30. The molecule has 0 unspecified atom stereocenters. The fourth-order valence-corrected chi connectivity index (χ4v) is 2.75. The molecule has 24 heavy (non-hydrogen) atoms. The van der Waals surface area contributed by atoms with Crippen molar-refractivity contribution < 1.29 is 19.1 Å². The number of hydrogen-bond acceptors (Lipinski definition) is 4. The molecule has 0 aromatic heterocycles. The van der Waals surface area contributed by atoms with Crippen LogP contribution in [0.3, 0.4) is 0 Å². The lowest BCUT2D eigenvalue weighted by molar-refractivity contribution is -0.146. The summed E-state index contributed by atoms with van der Waals surface area (Å²) in [6.45, 7) is 3.92. The molecule has 1 aliphatic heterocycles. The summed E-state index contributed by atoms with van der Waals surface area (Å²) in [4.78, 5) is 39.2. The first-order valence-corrected chi connectivity index (χ1v) is 8.37. The summed E-state index contributed by atoms with van der Waals surface area (Å²) in [5, 5.41) is 0.522. The Morgan fingerprint density at radius 3 is 2.38 bits per heavy atom. The highest BCUT2D eigenvalue weighted by Gasteiger charge is 2.25. The average molecular weight is 353 g/mol. The van der Waals surface area contributed by atoms with E-state index in [2.05, 4.69) is 0 Å². The van der Waals surface area contributed by atoms with E-state index in [1.165, 1.54) is 0 Å². The number of nitrogens with zero attached hydrogens (tertiary/aromatic N) is 2. The van der Waals surface area contributed by atoms with Crippen LogP contribution in [0.2, 0.25) is 5.02 Å². The van der Waals surface area contributed by atoms with Gasteiger partial charge in [0.25, 0.3) is 5.91 Å². The van der Waals surface area contributed by atoms with Gasteiger partial charge in [-0.2, -0.15) is 0 Å². The Hall–Kier alpha value is -2.08. The van der Waals surface area contributed by atoms with Crippen molar-refractivity contribution in [3.63, 3.8) is 0 Å². The zero-order valence-electron chi connectivity index (χ0n) is 13.7. The third kappa shape index (κ3) is 4.96. The average Bonchev–Trinajstić information content (AvgIpc) is 2.59. The quantitative estimate of drug-likeness (QED) is 0.760. The summed E-state index contributed by atoms with van der Waals surface area (Å²) in [6, 6.07) is 6.83. The summed E-state index contributed by atoms with van der Waals surface area (Å²) in [5.74, 6) is -0.533. The van der Waals surface area contributed by atoms with E-state index < -0.39 is 0 Å². The van der Waals surface area contributed by atoms with Crippen LogP contribution in [0, 0.1) is 0 Å². The fraction of sp³-hybridized carbons (Fsp3) is 0.471. The standard InChI is InChI=1S/C17H21ClN2O4/c1-2-24-16(22)7-6-15(21)19-8-10-20(11-9-19)17(23)13-4-3-5-14(18)12-13/h3-5,12H,2,6-11H2,1H3. The van der Waals surface area contributed by atoms with Crippen molar-refractivity contribution in [1.29, 1.82) is 0 Å². The van der Waals surface area contributed by atoms with E-state index in [0.29, 0.717) is 43.4 Å². The second-order valence-corrected chi connectivity index (χ2v) is 5.92. The molecule has 2 amide bonds. The van der Waals surface area contributed by atoms with Crippen molar-refractivity contribution in [3.8, 4) is 0 Å². The third-order valence-electron chi connectivity index (χ3n) is 3.84. The summed E-state index contributed by atoms with van der Waals surface area (Å²) in [7, 11) is 0. The van der Waals surface area contributed by atoms with Crippen molar-refractivity contribution in [2.45, 2.75) is 19.8 Å². The van der Waals surface area contributed by atoms with Crippen molar-refractivity contribution in [1.82, 2.24) is 9.80 Å². The predicted octanol–water partition coefficient (Wildman–Crippen LogP) is 1.97. The summed E-state index contributed by atoms with van der Waals surface area (Å²) >= 11 is 5.91. The molecule has 6 nitrogen and oxygen atoms in total. The Labute approximate surface area is 146 Å². The highest BCUT2D eigenvalue weighted by atomic mass is 35.5. The van der Waals surface area contributed by atoms with E-state index in [1.54, 1.807) is 41.0 Å². The maximum Gasteiger partial charge on any atom is 0.306 e. The molecule has 1 fully saturated rings. The molecule has 130 valence electrons. The van der Waals surface area contributed by atoms with Crippen molar-refractivity contribution in [3.05, 3.63) is 34.9 Å². The van der Waals surface area contributed by atoms with Crippen LogP contribution in [0.15, 0.2) is 24.3 Å². The molecule has 0 spiro atoms. The van der Waals surface area contributed by atoms with E-state index >= 15 is 0 Å². The number of rotatable bonds is 5. The number of ether oxygens (including phenoxy) is 1. The van der Waals surface area contributed by atoms with Gasteiger partial charge in [0.2, 0.25) is 5.91 Å². The molecule has 1 aromatic rings. The topological polar surface area (TPSA) is 66.9 Å². The molecule has 2 rings (SSSR count). The van der Waals surface area contributed by atoms with E-state index in [1.807, 2.05) is 0 Å².